The molecule has 0 aliphatic rings. The van der Waals surface area contributed by atoms with Crippen molar-refractivity contribution in [3.63, 3.8) is 0 Å². The lowest BCUT2D eigenvalue weighted by Gasteiger charge is -2.14. The second-order valence-electron chi connectivity index (χ2n) is 5.49. The molecule has 0 saturated carbocycles. The summed E-state index contributed by atoms with van der Waals surface area (Å²) in [5, 5.41) is 2.51. The number of benzene rings is 1. The van der Waals surface area contributed by atoms with Gasteiger partial charge in [0.2, 0.25) is 0 Å². The zero-order valence-electron chi connectivity index (χ0n) is 14.7. The van der Waals surface area contributed by atoms with E-state index < -0.39 is 6.09 Å². The van der Waals surface area contributed by atoms with Gasteiger partial charge in [-0.1, -0.05) is 39.0 Å². The van der Waals surface area contributed by atoms with Gasteiger partial charge in [0.05, 0.1) is 9.79 Å². The lowest BCUT2D eigenvalue weighted by Crippen LogP contribution is -2.22. The fourth-order valence-electron chi connectivity index (χ4n) is 2.43. The van der Waals surface area contributed by atoms with Gasteiger partial charge in [0.25, 0.3) is 0 Å². The summed E-state index contributed by atoms with van der Waals surface area (Å²) in [5.74, 6) is 0.677. The number of hydrogen-bond acceptors (Lipinski definition) is 4. The second kappa shape index (κ2) is 11.7. The summed E-state index contributed by atoms with van der Waals surface area (Å²) in [6.07, 6.45) is 12.5. The van der Waals surface area contributed by atoms with Gasteiger partial charge < -0.3 is 10.1 Å². The lowest BCUT2D eigenvalue weighted by molar-refractivity contribution is 0.200. The van der Waals surface area contributed by atoms with Crippen molar-refractivity contribution in [3.05, 3.63) is 17.7 Å². The van der Waals surface area contributed by atoms with Crippen LogP contribution in [-0.2, 0) is 6.42 Å². The van der Waals surface area contributed by atoms with Crippen LogP contribution in [-0.4, -0.2) is 25.7 Å². The number of rotatable bonds is 10. The maximum atomic E-state index is 11.5. The predicted molar refractivity (Wildman–Crippen MR) is 102 cm³/mol. The van der Waals surface area contributed by atoms with Gasteiger partial charge in [0.1, 0.15) is 0 Å². The first-order chi connectivity index (χ1) is 11.2. The average Bonchev–Trinajstić information content (AvgIpc) is 2.58. The van der Waals surface area contributed by atoms with Crippen molar-refractivity contribution in [3.8, 4) is 5.75 Å². The van der Waals surface area contributed by atoms with E-state index in [0.717, 1.165) is 16.2 Å². The molecule has 5 heteroatoms. The largest absolute Gasteiger partial charge is 0.412 e. The van der Waals surface area contributed by atoms with Gasteiger partial charge in [0, 0.05) is 7.05 Å². The van der Waals surface area contributed by atoms with Gasteiger partial charge in [0.15, 0.2) is 5.75 Å². The van der Waals surface area contributed by atoms with Gasteiger partial charge in [-0.05, 0) is 43.0 Å². The first-order valence-corrected chi connectivity index (χ1v) is 10.8. The van der Waals surface area contributed by atoms with Crippen LogP contribution in [0.3, 0.4) is 0 Å². The molecular weight excluding hydrogens is 326 g/mol. The molecule has 0 aromatic heterocycles. The normalized spacial score (nSPS) is 10.6. The summed E-state index contributed by atoms with van der Waals surface area (Å²) in [6.45, 7) is 2.25. The molecule has 0 aliphatic heterocycles. The maximum absolute atomic E-state index is 11.5. The number of unbranched alkanes of at least 4 members (excludes halogenated alkanes) is 5. The van der Waals surface area contributed by atoms with Crippen molar-refractivity contribution in [1.29, 1.82) is 0 Å². The number of thioether (sulfide) groups is 2. The Morgan fingerprint density at radius 3 is 2.13 bits per heavy atom. The molecule has 0 fully saturated rings. The first kappa shape index (κ1) is 20.2. The summed E-state index contributed by atoms with van der Waals surface area (Å²) in [7, 11) is 1.58. The van der Waals surface area contributed by atoms with E-state index in [0.29, 0.717) is 5.75 Å². The Kier molecular flexibility index (Phi) is 10.3. The number of carbonyl (C=O) groups excluding carboxylic acids is 1. The molecule has 0 unspecified atom stereocenters. The quantitative estimate of drug-likeness (QED) is 0.428. The number of aryl methyl sites for hydroxylation is 1. The molecule has 0 spiro atoms. The fourth-order valence-corrected chi connectivity index (χ4v) is 3.71. The van der Waals surface area contributed by atoms with Crippen LogP contribution in [0.2, 0.25) is 0 Å². The van der Waals surface area contributed by atoms with Crippen LogP contribution in [0.25, 0.3) is 0 Å². The molecule has 0 bridgehead atoms. The van der Waals surface area contributed by atoms with Gasteiger partial charge in [-0.15, -0.1) is 23.5 Å². The molecule has 1 aromatic rings. The van der Waals surface area contributed by atoms with Gasteiger partial charge in [-0.2, -0.15) is 0 Å². The van der Waals surface area contributed by atoms with E-state index in [1.807, 2.05) is 12.5 Å². The third kappa shape index (κ3) is 7.08. The number of amides is 1. The molecule has 3 nitrogen and oxygen atoms in total. The second-order valence-corrected chi connectivity index (χ2v) is 7.18. The predicted octanol–water partition coefficient (Wildman–Crippen LogP) is 5.75. The fraction of sp³-hybridized carbons (Fsp3) is 0.611. The standard InChI is InChI=1S/C18H29NO2S2/c1-5-6-7-8-9-10-11-14-12-15(22-3)17(16(13-14)23-4)21-18(20)19-2/h12-13H,5-11H2,1-4H3,(H,19,20). The van der Waals surface area contributed by atoms with Crippen LogP contribution in [0.4, 0.5) is 4.79 Å². The van der Waals surface area contributed by atoms with E-state index in [-0.39, 0.29) is 0 Å². The van der Waals surface area contributed by atoms with Gasteiger partial charge in [-0.25, -0.2) is 4.79 Å². The third-order valence-electron chi connectivity index (χ3n) is 3.74. The Labute approximate surface area is 149 Å². The van der Waals surface area contributed by atoms with Gasteiger partial charge >= 0.3 is 6.09 Å². The molecule has 0 saturated heterocycles. The first-order valence-electron chi connectivity index (χ1n) is 8.30. The number of ether oxygens (including phenoxy) is 1. The van der Waals surface area contributed by atoms with Crippen LogP contribution >= 0.6 is 23.5 Å². The Morgan fingerprint density at radius 1 is 1.04 bits per heavy atom. The minimum Gasteiger partial charge on any atom is -0.408 e. The van der Waals surface area contributed by atoms with Crippen LogP contribution in [0.1, 0.15) is 51.0 Å². The molecule has 1 N–H and O–H groups in total. The molecule has 1 rings (SSSR count). The molecular formula is C18H29NO2S2. The van der Waals surface area contributed by atoms with Crippen LogP contribution < -0.4 is 10.1 Å². The summed E-state index contributed by atoms with van der Waals surface area (Å²) in [4.78, 5) is 13.6. The molecule has 0 radical (unpaired) electrons. The van der Waals surface area contributed by atoms with E-state index in [9.17, 15) is 4.79 Å². The molecule has 0 aliphatic carbocycles. The molecule has 130 valence electrons. The van der Waals surface area contributed by atoms with E-state index in [4.69, 9.17) is 4.74 Å². The highest BCUT2D eigenvalue weighted by molar-refractivity contribution is 7.99. The SMILES string of the molecule is CCCCCCCCc1cc(SC)c(OC(=O)NC)c(SC)c1. The summed E-state index contributed by atoms with van der Waals surface area (Å²) in [5.41, 5.74) is 1.33. The zero-order chi connectivity index (χ0) is 17.1. The van der Waals surface area contributed by atoms with Crippen LogP contribution in [0, 0.1) is 0 Å². The lowest BCUT2D eigenvalue weighted by atomic mass is 10.0. The average molecular weight is 356 g/mol. The van der Waals surface area contributed by atoms with Crippen LogP contribution in [0.15, 0.2) is 21.9 Å². The number of hydrogen-bond donors (Lipinski definition) is 1. The van der Waals surface area contributed by atoms with E-state index in [1.54, 1.807) is 30.6 Å². The summed E-state index contributed by atoms with van der Waals surface area (Å²) in [6, 6.07) is 4.32. The maximum Gasteiger partial charge on any atom is 0.412 e. The highest BCUT2D eigenvalue weighted by Crippen LogP contribution is 2.38. The zero-order valence-corrected chi connectivity index (χ0v) is 16.4. The summed E-state index contributed by atoms with van der Waals surface area (Å²) >= 11 is 3.25. The Bertz CT molecular complexity index is 467. The van der Waals surface area contributed by atoms with Crippen molar-refractivity contribution in [2.75, 3.05) is 19.6 Å². The third-order valence-corrected chi connectivity index (χ3v) is 5.22. The highest BCUT2D eigenvalue weighted by atomic mass is 32.2. The van der Waals surface area contributed by atoms with Crippen molar-refractivity contribution in [1.82, 2.24) is 5.32 Å². The number of nitrogens with one attached hydrogen (secondary N) is 1. The van der Waals surface area contributed by atoms with Crippen molar-refractivity contribution in [2.45, 2.75) is 61.7 Å². The molecule has 23 heavy (non-hydrogen) atoms. The van der Waals surface area contributed by atoms with E-state index in [1.165, 1.54) is 44.1 Å². The molecule has 1 amide bonds. The van der Waals surface area contributed by atoms with Crippen LogP contribution in [0.5, 0.6) is 5.75 Å². The van der Waals surface area contributed by atoms with E-state index >= 15 is 0 Å². The van der Waals surface area contributed by atoms with E-state index in [2.05, 4.69) is 24.4 Å². The highest BCUT2D eigenvalue weighted by Gasteiger charge is 2.14. The smallest absolute Gasteiger partial charge is 0.408 e. The number of carbonyl (C=O) groups is 1. The minimum atomic E-state index is -0.417. The van der Waals surface area contributed by atoms with Crippen molar-refractivity contribution in [2.24, 2.45) is 0 Å². The monoisotopic (exact) mass is 355 g/mol. The van der Waals surface area contributed by atoms with Gasteiger partial charge in [-0.3, -0.25) is 0 Å². The topological polar surface area (TPSA) is 38.3 Å². The molecule has 1 aromatic carbocycles. The van der Waals surface area contributed by atoms with Crippen molar-refractivity contribution >= 4 is 29.6 Å². The molecule has 0 heterocycles. The summed E-state index contributed by atoms with van der Waals surface area (Å²) < 4.78 is 5.44. The minimum absolute atomic E-state index is 0.417. The Hall–Kier alpha value is -0.810. The molecule has 0 atom stereocenters. The van der Waals surface area contributed by atoms with Crippen molar-refractivity contribution < 1.29 is 9.53 Å². The Morgan fingerprint density at radius 2 is 1.61 bits per heavy atom. The Balaban J connectivity index is 2.73.